The molecule has 6 nitrogen and oxygen atoms in total. The number of morpholine rings is 1. The van der Waals surface area contributed by atoms with Crippen molar-refractivity contribution in [3.05, 3.63) is 40.2 Å². The number of hydrogen-bond donors (Lipinski definition) is 2. The van der Waals surface area contributed by atoms with E-state index in [9.17, 15) is 0 Å². The minimum atomic E-state index is 0. The summed E-state index contributed by atoms with van der Waals surface area (Å²) in [5.74, 6) is 0.859. The van der Waals surface area contributed by atoms with E-state index in [0.29, 0.717) is 0 Å². The average Bonchev–Trinajstić information content (AvgIpc) is 3.14. The molecule has 8 heteroatoms. The molecule has 0 saturated carbocycles. The fraction of sp³-hybridized carbons (Fsp3) is 0.500. The molecule has 3 rings (SSSR count). The van der Waals surface area contributed by atoms with Crippen LogP contribution in [0.25, 0.3) is 11.3 Å². The van der Waals surface area contributed by atoms with Crippen LogP contribution in [0, 0.1) is 6.92 Å². The molecule has 2 aromatic rings. The van der Waals surface area contributed by atoms with Gasteiger partial charge in [-0.3, -0.25) is 9.89 Å². The molecule has 0 aliphatic carbocycles. The number of halogens is 1. The number of aliphatic imine (C=N–C) groups is 1. The second-order valence-electron chi connectivity index (χ2n) is 6.58. The Bertz CT molecular complexity index is 728. The van der Waals surface area contributed by atoms with Crippen LogP contribution < -0.4 is 10.6 Å². The molecular weight excluding hydrogens is 485 g/mol. The zero-order valence-corrected chi connectivity index (χ0v) is 19.8. The van der Waals surface area contributed by atoms with Gasteiger partial charge in [-0.05, 0) is 18.9 Å². The second kappa shape index (κ2) is 12.4. The molecule has 28 heavy (non-hydrogen) atoms. The Balaban J connectivity index is 0.00000280. The fourth-order valence-electron chi connectivity index (χ4n) is 3.04. The Hall–Kier alpha value is -1.23. The quantitative estimate of drug-likeness (QED) is 0.338. The van der Waals surface area contributed by atoms with Gasteiger partial charge >= 0.3 is 0 Å². The van der Waals surface area contributed by atoms with Crippen LogP contribution in [0.15, 0.2) is 34.6 Å². The lowest BCUT2D eigenvalue weighted by molar-refractivity contribution is 0.0389. The first kappa shape index (κ1) is 23.1. The zero-order valence-electron chi connectivity index (χ0n) is 16.6. The van der Waals surface area contributed by atoms with Crippen LogP contribution in [0.2, 0.25) is 0 Å². The Kier molecular flexibility index (Phi) is 10.2. The fourth-order valence-corrected chi connectivity index (χ4v) is 3.66. The van der Waals surface area contributed by atoms with Crippen molar-refractivity contribution in [2.75, 3.05) is 53.0 Å². The minimum Gasteiger partial charge on any atom is -0.379 e. The number of aromatic nitrogens is 1. The summed E-state index contributed by atoms with van der Waals surface area (Å²) in [6.45, 7) is 8.52. The van der Waals surface area contributed by atoms with Crippen LogP contribution in [0.4, 0.5) is 0 Å². The van der Waals surface area contributed by atoms with Gasteiger partial charge in [-0.2, -0.15) is 0 Å². The molecule has 1 aliphatic heterocycles. The third-order valence-corrected chi connectivity index (χ3v) is 5.40. The smallest absolute Gasteiger partial charge is 0.191 e. The van der Waals surface area contributed by atoms with E-state index in [1.54, 1.807) is 11.3 Å². The predicted molar refractivity (Wildman–Crippen MR) is 128 cm³/mol. The van der Waals surface area contributed by atoms with Crippen molar-refractivity contribution in [1.29, 1.82) is 0 Å². The van der Waals surface area contributed by atoms with Gasteiger partial charge in [0.2, 0.25) is 0 Å². The van der Waals surface area contributed by atoms with Crippen molar-refractivity contribution in [2.45, 2.75) is 13.3 Å². The number of thiazole rings is 1. The van der Waals surface area contributed by atoms with Crippen LogP contribution in [0.3, 0.4) is 0 Å². The monoisotopic (exact) mass is 515 g/mol. The standard InChI is InChI=1S/C20H29N5OS.HI/c1-16-24-19(15-27-16)18-5-3-17(4-6-18)7-8-22-20(21-2)23-9-10-25-11-13-26-14-12-25;/h3-6,15H,7-14H2,1-2H3,(H2,21,22,23);1H. The largest absolute Gasteiger partial charge is 0.379 e. The van der Waals surface area contributed by atoms with Crippen LogP contribution in [-0.4, -0.2) is 68.8 Å². The third kappa shape index (κ3) is 7.31. The van der Waals surface area contributed by atoms with Gasteiger partial charge in [-0.25, -0.2) is 4.98 Å². The molecule has 0 bridgehead atoms. The lowest BCUT2D eigenvalue weighted by Gasteiger charge is -2.26. The van der Waals surface area contributed by atoms with Gasteiger partial charge in [-0.1, -0.05) is 24.3 Å². The maximum atomic E-state index is 5.38. The second-order valence-corrected chi connectivity index (χ2v) is 7.64. The Labute approximate surface area is 188 Å². The Morgan fingerprint density at radius 1 is 1.18 bits per heavy atom. The van der Waals surface area contributed by atoms with Crippen LogP contribution in [-0.2, 0) is 11.2 Å². The molecule has 1 aliphatic rings. The maximum absolute atomic E-state index is 5.38. The number of rotatable bonds is 7. The SMILES string of the molecule is CN=C(NCCc1ccc(-c2csc(C)n2)cc1)NCCN1CCOCC1.I. The van der Waals surface area contributed by atoms with Gasteiger partial charge in [-0.15, -0.1) is 35.3 Å². The molecule has 154 valence electrons. The van der Waals surface area contributed by atoms with Gasteiger partial charge in [0.05, 0.1) is 23.9 Å². The van der Waals surface area contributed by atoms with Gasteiger partial charge in [0.25, 0.3) is 0 Å². The van der Waals surface area contributed by atoms with Crippen LogP contribution in [0.1, 0.15) is 10.6 Å². The van der Waals surface area contributed by atoms with Crippen molar-refractivity contribution in [1.82, 2.24) is 20.5 Å². The zero-order chi connectivity index (χ0) is 18.9. The average molecular weight is 515 g/mol. The van der Waals surface area contributed by atoms with Gasteiger partial charge in [0, 0.05) is 50.7 Å². The highest BCUT2D eigenvalue weighted by atomic mass is 127. The normalized spacial score (nSPS) is 15.1. The van der Waals surface area contributed by atoms with Crippen LogP contribution >= 0.6 is 35.3 Å². The van der Waals surface area contributed by atoms with Crippen molar-refractivity contribution >= 4 is 41.3 Å². The summed E-state index contributed by atoms with van der Waals surface area (Å²) in [6, 6.07) is 8.67. The number of aryl methyl sites for hydroxylation is 1. The molecule has 2 heterocycles. The van der Waals surface area contributed by atoms with Crippen molar-refractivity contribution < 1.29 is 4.74 Å². The summed E-state index contributed by atoms with van der Waals surface area (Å²) < 4.78 is 5.38. The van der Waals surface area contributed by atoms with Gasteiger partial charge < -0.3 is 15.4 Å². The van der Waals surface area contributed by atoms with E-state index in [4.69, 9.17) is 4.74 Å². The highest BCUT2D eigenvalue weighted by molar-refractivity contribution is 14.0. The Morgan fingerprint density at radius 3 is 2.54 bits per heavy atom. The molecule has 1 aromatic heterocycles. The van der Waals surface area contributed by atoms with E-state index >= 15 is 0 Å². The van der Waals surface area contributed by atoms with Crippen LogP contribution in [0.5, 0.6) is 0 Å². The lowest BCUT2D eigenvalue weighted by Crippen LogP contribution is -2.44. The lowest BCUT2D eigenvalue weighted by atomic mass is 10.1. The molecule has 1 aromatic carbocycles. The molecule has 0 spiro atoms. The Morgan fingerprint density at radius 2 is 1.89 bits per heavy atom. The van der Waals surface area contributed by atoms with Crippen molar-refractivity contribution in [3.8, 4) is 11.3 Å². The van der Waals surface area contributed by atoms with E-state index in [2.05, 4.69) is 55.2 Å². The molecule has 1 saturated heterocycles. The number of hydrogen-bond acceptors (Lipinski definition) is 5. The summed E-state index contributed by atoms with van der Waals surface area (Å²) in [5.41, 5.74) is 3.55. The summed E-state index contributed by atoms with van der Waals surface area (Å²) in [7, 11) is 1.81. The third-order valence-electron chi connectivity index (χ3n) is 4.62. The van der Waals surface area contributed by atoms with E-state index < -0.39 is 0 Å². The molecule has 0 atom stereocenters. The van der Waals surface area contributed by atoms with Crippen molar-refractivity contribution in [3.63, 3.8) is 0 Å². The first-order valence-corrected chi connectivity index (χ1v) is 10.4. The van der Waals surface area contributed by atoms with E-state index in [1.807, 2.05) is 14.0 Å². The highest BCUT2D eigenvalue weighted by Gasteiger charge is 2.09. The minimum absolute atomic E-state index is 0. The molecule has 1 fully saturated rings. The van der Waals surface area contributed by atoms with E-state index in [1.165, 1.54) is 11.1 Å². The van der Waals surface area contributed by atoms with Gasteiger partial charge in [0.15, 0.2) is 5.96 Å². The summed E-state index contributed by atoms with van der Waals surface area (Å²) in [5, 5.41) is 9.99. The van der Waals surface area contributed by atoms with Gasteiger partial charge in [0.1, 0.15) is 0 Å². The molecular formula is C20H30IN5OS. The summed E-state index contributed by atoms with van der Waals surface area (Å²) in [6.07, 6.45) is 0.959. The number of guanidine groups is 1. The molecule has 0 radical (unpaired) electrons. The number of benzene rings is 1. The maximum Gasteiger partial charge on any atom is 0.191 e. The first-order valence-electron chi connectivity index (χ1n) is 9.50. The number of ether oxygens (including phenoxy) is 1. The summed E-state index contributed by atoms with van der Waals surface area (Å²) >= 11 is 1.69. The molecule has 0 amide bonds. The van der Waals surface area contributed by atoms with E-state index in [0.717, 1.165) is 69.0 Å². The molecule has 2 N–H and O–H groups in total. The molecule has 0 unspecified atom stereocenters. The predicted octanol–water partition coefficient (Wildman–Crippen LogP) is 2.78. The number of nitrogens with zero attached hydrogens (tertiary/aromatic N) is 3. The van der Waals surface area contributed by atoms with E-state index in [-0.39, 0.29) is 24.0 Å². The topological polar surface area (TPSA) is 61.8 Å². The first-order chi connectivity index (χ1) is 13.2. The van der Waals surface area contributed by atoms with Crippen molar-refractivity contribution in [2.24, 2.45) is 4.99 Å². The summed E-state index contributed by atoms with van der Waals surface area (Å²) in [4.78, 5) is 11.3. The highest BCUT2D eigenvalue weighted by Crippen LogP contribution is 2.21. The number of nitrogens with one attached hydrogen (secondary N) is 2.